The molecule has 1 fully saturated rings. The number of carbonyl (C=O) groups excluding carboxylic acids is 1. The molecular formula is C26H31N3O5+2. The number of ether oxygens (including phenoxy) is 3. The van der Waals surface area contributed by atoms with E-state index in [1.807, 2.05) is 13.0 Å². The van der Waals surface area contributed by atoms with Crippen LogP contribution in [0.3, 0.4) is 0 Å². The van der Waals surface area contributed by atoms with Crippen LogP contribution in [0.2, 0.25) is 0 Å². The molecule has 0 saturated carbocycles. The van der Waals surface area contributed by atoms with Gasteiger partial charge >= 0.3 is 5.97 Å². The summed E-state index contributed by atoms with van der Waals surface area (Å²) in [6.45, 7) is 10.0. The van der Waals surface area contributed by atoms with Crippen LogP contribution in [-0.4, -0.2) is 50.5 Å². The molecule has 34 heavy (non-hydrogen) atoms. The first-order valence-electron chi connectivity index (χ1n) is 11.9. The summed E-state index contributed by atoms with van der Waals surface area (Å²) in [4.78, 5) is 31.8. The summed E-state index contributed by atoms with van der Waals surface area (Å²) in [5, 5.41) is 0.539. The molecule has 8 nitrogen and oxygen atoms in total. The molecule has 2 aromatic carbocycles. The number of esters is 1. The number of hydrogen-bond donors (Lipinski definition) is 3. The van der Waals surface area contributed by atoms with Gasteiger partial charge in [-0.2, -0.15) is 0 Å². The van der Waals surface area contributed by atoms with Gasteiger partial charge in [0, 0.05) is 22.2 Å². The number of aromatic amines is 1. The fourth-order valence-corrected chi connectivity index (χ4v) is 4.91. The van der Waals surface area contributed by atoms with E-state index in [1.165, 1.54) is 15.4 Å². The zero-order chi connectivity index (χ0) is 23.7. The van der Waals surface area contributed by atoms with E-state index in [0.29, 0.717) is 30.9 Å². The normalized spacial score (nSPS) is 19.4. The Labute approximate surface area is 198 Å². The van der Waals surface area contributed by atoms with Gasteiger partial charge in [-0.1, -0.05) is 0 Å². The van der Waals surface area contributed by atoms with Crippen molar-refractivity contribution in [3.05, 3.63) is 69.0 Å². The topological polar surface area (TPSA) is 86.5 Å². The number of nitrogens with one attached hydrogen (secondary N) is 3. The van der Waals surface area contributed by atoms with Crippen molar-refractivity contribution in [2.24, 2.45) is 0 Å². The van der Waals surface area contributed by atoms with E-state index in [-0.39, 0.29) is 5.43 Å². The molecule has 178 valence electrons. The Morgan fingerprint density at radius 1 is 1.00 bits per heavy atom. The largest absolute Gasteiger partial charge is 0.462 e. The van der Waals surface area contributed by atoms with E-state index in [2.05, 4.69) is 17.1 Å². The highest BCUT2D eigenvalue weighted by Crippen LogP contribution is 2.32. The number of pyridine rings is 1. The van der Waals surface area contributed by atoms with E-state index < -0.39 is 5.97 Å². The van der Waals surface area contributed by atoms with Crippen molar-refractivity contribution in [3.63, 3.8) is 0 Å². The number of aryl methyl sites for hydroxylation is 1. The van der Waals surface area contributed by atoms with Crippen LogP contribution < -0.4 is 24.7 Å². The van der Waals surface area contributed by atoms with Crippen LogP contribution in [0.4, 0.5) is 0 Å². The monoisotopic (exact) mass is 465 g/mol. The number of carbonyl (C=O) groups is 1. The second-order valence-corrected chi connectivity index (χ2v) is 9.08. The first-order chi connectivity index (χ1) is 16.5. The summed E-state index contributed by atoms with van der Waals surface area (Å²) in [6.07, 6.45) is 0. The van der Waals surface area contributed by atoms with E-state index in [1.54, 1.807) is 25.1 Å². The number of fused-ring (bicyclic) bond motifs is 2. The number of piperazine rings is 1. The van der Waals surface area contributed by atoms with Crippen LogP contribution in [-0.2, 0) is 17.8 Å². The standard InChI is InChI=1S/C26H29N3O5/c1-3-32-26(31)19-5-6-22-20(13-19)25(30)21(17(2)27-22)15-29-10-8-28(9-11-29)14-18-4-7-23-24(12-18)34-16-33-23/h4-7,12-13H,3,8-11,14-16H2,1-2H3,(H,27,30)/p+2. The molecule has 0 unspecified atom stereocenters. The highest BCUT2D eigenvalue weighted by atomic mass is 16.7. The van der Waals surface area contributed by atoms with Gasteiger partial charge in [-0.3, -0.25) is 4.79 Å². The summed E-state index contributed by atoms with van der Waals surface area (Å²) in [7, 11) is 0. The number of hydrogen-bond acceptors (Lipinski definition) is 5. The summed E-state index contributed by atoms with van der Waals surface area (Å²) < 4.78 is 16.0. The van der Waals surface area contributed by atoms with Crippen molar-refractivity contribution < 1.29 is 28.8 Å². The molecule has 0 amide bonds. The number of benzene rings is 2. The molecule has 0 bridgehead atoms. The second kappa shape index (κ2) is 9.48. The number of rotatable bonds is 6. The lowest BCUT2D eigenvalue weighted by atomic mass is 10.1. The quantitative estimate of drug-likeness (QED) is 0.454. The fraction of sp³-hybridized carbons (Fsp3) is 0.385. The van der Waals surface area contributed by atoms with Gasteiger partial charge in [0.25, 0.3) is 0 Å². The van der Waals surface area contributed by atoms with Crippen LogP contribution in [0.25, 0.3) is 10.9 Å². The van der Waals surface area contributed by atoms with E-state index in [0.717, 1.165) is 61.0 Å². The molecule has 2 aliphatic heterocycles. The number of quaternary nitrogens is 2. The number of H-pyrrole nitrogens is 1. The zero-order valence-corrected chi connectivity index (χ0v) is 19.7. The van der Waals surface area contributed by atoms with Gasteiger partial charge in [0.15, 0.2) is 16.9 Å². The predicted molar refractivity (Wildman–Crippen MR) is 127 cm³/mol. The summed E-state index contributed by atoms with van der Waals surface area (Å²) >= 11 is 0. The lowest BCUT2D eigenvalue weighted by Crippen LogP contribution is -3.27. The van der Waals surface area contributed by atoms with Crippen LogP contribution in [0.15, 0.2) is 41.2 Å². The average molecular weight is 466 g/mol. The minimum atomic E-state index is -0.405. The first kappa shape index (κ1) is 22.4. The molecule has 3 heterocycles. The van der Waals surface area contributed by atoms with Crippen molar-refractivity contribution in [2.45, 2.75) is 26.9 Å². The third-order valence-corrected chi connectivity index (χ3v) is 6.81. The number of aromatic nitrogens is 1. The summed E-state index contributed by atoms with van der Waals surface area (Å²) in [5.74, 6) is 1.25. The predicted octanol–water partition coefficient (Wildman–Crippen LogP) is 0.226. The molecule has 3 aromatic rings. The summed E-state index contributed by atoms with van der Waals surface area (Å²) in [6, 6.07) is 11.3. The maximum absolute atomic E-state index is 13.3. The van der Waals surface area contributed by atoms with Gasteiger partial charge < -0.3 is 29.0 Å². The van der Waals surface area contributed by atoms with E-state index in [4.69, 9.17) is 14.2 Å². The molecular weight excluding hydrogens is 434 g/mol. The molecule has 1 saturated heterocycles. The minimum Gasteiger partial charge on any atom is -0.462 e. The Hall–Kier alpha value is -3.36. The maximum atomic E-state index is 13.3. The van der Waals surface area contributed by atoms with Crippen LogP contribution in [0, 0.1) is 6.92 Å². The van der Waals surface area contributed by atoms with Gasteiger partial charge in [0.05, 0.1) is 17.7 Å². The minimum absolute atomic E-state index is 0.0000323. The molecule has 0 spiro atoms. The Bertz CT molecular complexity index is 1280. The molecule has 0 atom stereocenters. The maximum Gasteiger partial charge on any atom is 0.338 e. The smallest absolute Gasteiger partial charge is 0.338 e. The van der Waals surface area contributed by atoms with Gasteiger partial charge in [-0.15, -0.1) is 0 Å². The molecule has 0 aliphatic carbocycles. The molecule has 1 aromatic heterocycles. The van der Waals surface area contributed by atoms with Gasteiger partial charge in [-0.25, -0.2) is 4.79 Å². The van der Waals surface area contributed by atoms with Gasteiger partial charge in [-0.05, 0) is 50.2 Å². The third kappa shape index (κ3) is 4.51. The van der Waals surface area contributed by atoms with E-state index >= 15 is 0 Å². The SMILES string of the molecule is CCOC(=O)c1ccc2[nH]c(C)c(C[NH+]3CC[NH+](Cc4ccc5c(c4)OCO5)CC3)c(=O)c2c1. The summed E-state index contributed by atoms with van der Waals surface area (Å²) in [5.41, 5.74) is 4.09. The Morgan fingerprint density at radius 2 is 1.74 bits per heavy atom. The molecule has 5 rings (SSSR count). The second-order valence-electron chi connectivity index (χ2n) is 9.08. The highest BCUT2D eigenvalue weighted by Gasteiger charge is 2.26. The fourth-order valence-electron chi connectivity index (χ4n) is 4.91. The molecule has 8 heteroatoms. The van der Waals surface area contributed by atoms with Crippen molar-refractivity contribution in [3.8, 4) is 11.5 Å². The van der Waals surface area contributed by atoms with Gasteiger partial charge in [0.1, 0.15) is 39.3 Å². The van der Waals surface area contributed by atoms with Crippen LogP contribution in [0.5, 0.6) is 11.5 Å². The average Bonchev–Trinajstić information content (AvgIpc) is 3.31. The van der Waals surface area contributed by atoms with Crippen molar-refractivity contribution in [1.82, 2.24) is 4.98 Å². The van der Waals surface area contributed by atoms with Gasteiger partial charge in [0.2, 0.25) is 6.79 Å². The van der Waals surface area contributed by atoms with Crippen molar-refractivity contribution in [1.29, 1.82) is 0 Å². The Morgan fingerprint density at radius 3 is 2.50 bits per heavy atom. The molecule has 3 N–H and O–H groups in total. The Kier molecular flexibility index (Phi) is 6.26. The first-order valence-corrected chi connectivity index (χ1v) is 11.9. The highest BCUT2D eigenvalue weighted by molar-refractivity contribution is 5.94. The van der Waals surface area contributed by atoms with Crippen LogP contribution >= 0.6 is 0 Å². The lowest BCUT2D eigenvalue weighted by molar-refractivity contribution is -1.02. The van der Waals surface area contributed by atoms with Crippen molar-refractivity contribution in [2.75, 3.05) is 39.6 Å². The Balaban J connectivity index is 1.26. The third-order valence-electron chi connectivity index (χ3n) is 6.81. The molecule has 0 radical (unpaired) electrons. The van der Waals surface area contributed by atoms with Crippen molar-refractivity contribution >= 4 is 16.9 Å². The van der Waals surface area contributed by atoms with Crippen LogP contribution in [0.1, 0.15) is 34.1 Å². The lowest BCUT2D eigenvalue weighted by Gasteiger charge is -2.30. The van der Waals surface area contributed by atoms with E-state index in [9.17, 15) is 9.59 Å². The molecule has 2 aliphatic rings. The zero-order valence-electron chi connectivity index (χ0n) is 19.7.